The summed E-state index contributed by atoms with van der Waals surface area (Å²) in [6.45, 7) is 2.28. The zero-order valence-electron chi connectivity index (χ0n) is 18.1. The van der Waals surface area contributed by atoms with Crippen LogP contribution in [0.1, 0.15) is 122 Å². The van der Waals surface area contributed by atoms with Gasteiger partial charge in [0.1, 0.15) is 12.4 Å². The van der Waals surface area contributed by atoms with Gasteiger partial charge in [-0.2, -0.15) is 4.98 Å². The van der Waals surface area contributed by atoms with Crippen LogP contribution in [0.5, 0.6) is 11.6 Å². The highest BCUT2D eigenvalue weighted by Crippen LogP contribution is 2.31. The summed E-state index contributed by atoms with van der Waals surface area (Å²) in [6, 6.07) is 0. The van der Waals surface area contributed by atoms with Gasteiger partial charge in [-0.15, -0.1) is 0 Å². The summed E-state index contributed by atoms with van der Waals surface area (Å²) in [5.41, 5.74) is 0.739. The molecule has 1 aromatic heterocycles. The van der Waals surface area contributed by atoms with Crippen LogP contribution >= 0.6 is 0 Å². The molecule has 0 atom stereocenters. The molecule has 0 amide bonds. The molecule has 0 saturated heterocycles. The maximum absolute atomic E-state index is 10.3. The number of hydrogen-bond donors (Lipinski definition) is 1. The van der Waals surface area contributed by atoms with E-state index >= 15 is 0 Å². The first-order valence-electron chi connectivity index (χ1n) is 12.0. The van der Waals surface area contributed by atoms with Gasteiger partial charge in [-0.1, -0.05) is 90.4 Å². The lowest BCUT2D eigenvalue weighted by Crippen LogP contribution is -2.25. The normalized spacial score (nSPS) is 14.2. The van der Waals surface area contributed by atoms with Crippen LogP contribution < -0.4 is 4.74 Å². The Kier molecular flexibility index (Phi) is 12.0. The fourth-order valence-electron chi connectivity index (χ4n) is 3.80. The summed E-state index contributed by atoms with van der Waals surface area (Å²) in [4.78, 5) is 8.34. The molecule has 0 aromatic carbocycles. The van der Waals surface area contributed by atoms with Crippen molar-refractivity contribution in [2.75, 3.05) is 0 Å². The van der Waals surface area contributed by atoms with Crippen LogP contribution in [0.4, 0.5) is 0 Å². The first kappa shape index (κ1) is 23.0. The number of nitrogens with zero attached hydrogens (tertiary/aromatic N) is 2. The van der Waals surface area contributed by atoms with Crippen LogP contribution in [-0.2, 0) is 6.42 Å². The van der Waals surface area contributed by atoms with E-state index in [1.54, 1.807) is 0 Å². The van der Waals surface area contributed by atoms with Crippen molar-refractivity contribution < 1.29 is 9.84 Å². The highest BCUT2D eigenvalue weighted by molar-refractivity contribution is 5.35. The van der Waals surface area contributed by atoms with E-state index in [9.17, 15) is 5.11 Å². The standard InChI is InChI=1S/C24H42N2O2/c1-2-3-4-5-6-7-8-9-10-11-12-13-14-15-19-22-23(27)24(26-20-25-22)28-21-17-16-18-21/h20-21,27H,2-19H2,1H3. The molecule has 0 radical (unpaired) electrons. The van der Waals surface area contributed by atoms with Gasteiger partial charge in [0.25, 0.3) is 5.88 Å². The lowest BCUT2D eigenvalue weighted by Gasteiger charge is -2.26. The van der Waals surface area contributed by atoms with Crippen LogP contribution in [-0.4, -0.2) is 21.2 Å². The second kappa shape index (κ2) is 14.6. The minimum Gasteiger partial charge on any atom is -0.502 e. The van der Waals surface area contributed by atoms with Crippen molar-refractivity contribution in [2.24, 2.45) is 0 Å². The highest BCUT2D eigenvalue weighted by atomic mass is 16.5. The van der Waals surface area contributed by atoms with Crippen LogP contribution in [0.2, 0.25) is 0 Å². The average Bonchev–Trinajstić information content (AvgIpc) is 2.67. The van der Waals surface area contributed by atoms with Crippen molar-refractivity contribution in [1.82, 2.24) is 9.97 Å². The maximum Gasteiger partial charge on any atom is 0.260 e. The Balaban J connectivity index is 1.43. The first-order valence-corrected chi connectivity index (χ1v) is 12.0. The lowest BCUT2D eigenvalue weighted by atomic mass is 9.96. The van der Waals surface area contributed by atoms with E-state index in [0.717, 1.165) is 31.4 Å². The molecule has 28 heavy (non-hydrogen) atoms. The van der Waals surface area contributed by atoms with Crippen LogP contribution in [0, 0.1) is 0 Å². The minimum atomic E-state index is 0.157. The van der Waals surface area contributed by atoms with Crippen molar-refractivity contribution >= 4 is 0 Å². The first-order chi connectivity index (χ1) is 13.8. The van der Waals surface area contributed by atoms with Gasteiger partial charge in [0, 0.05) is 0 Å². The quantitative estimate of drug-likeness (QED) is 0.287. The molecule has 160 valence electrons. The molecule has 1 aliphatic rings. The van der Waals surface area contributed by atoms with Crippen molar-refractivity contribution in [3.05, 3.63) is 12.0 Å². The molecule has 4 heteroatoms. The zero-order valence-corrected chi connectivity index (χ0v) is 18.1. The van der Waals surface area contributed by atoms with E-state index < -0.39 is 0 Å². The van der Waals surface area contributed by atoms with E-state index in [2.05, 4.69) is 16.9 Å². The predicted octanol–water partition coefficient (Wildman–Crippen LogP) is 7.14. The molecule has 4 nitrogen and oxygen atoms in total. The van der Waals surface area contributed by atoms with E-state index in [-0.39, 0.29) is 11.9 Å². The summed E-state index contributed by atoms with van der Waals surface area (Å²) < 4.78 is 5.74. The van der Waals surface area contributed by atoms with Crippen LogP contribution in [0.25, 0.3) is 0 Å². The van der Waals surface area contributed by atoms with Gasteiger partial charge < -0.3 is 9.84 Å². The zero-order chi connectivity index (χ0) is 19.9. The van der Waals surface area contributed by atoms with Crippen LogP contribution in [0.3, 0.4) is 0 Å². The summed E-state index contributed by atoms with van der Waals surface area (Å²) >= 11 is 0. The summed E-state index contributed by atoms with van der Waals surface area (Å²) in [7, 11) is 0. The van der Waals surface area contributed by atoms with E-state index in [0.29, 0.717) is 5.88 Å². The SMILES string of the molecule is CCCCCCCCCCCCCCCCc1ncnc(OC2CCC2)c1O. The number of unbranched alkanes of at least 4 members (excludes halogenated alkanes) is 13. The third kappa shape index (κ3) is 9.25. The Bertz CT molecular complexity index is 517. The Labute approximate surface area is 172 Å². The monoisotopic (exact) mass is 390 g/mol. The minimum absolute atomic E-state index is 0.157. The largest absolute Gasteiger partial charge is 0.502 e. The number of rotatable bonds is 17. The number of ether oxygens (including phenoxy) is 1. The van der Waals surface area contributed by atoms with Crippen LogP contribution in [0.15, 0.2) is 6.33 Å². The molecule has 1 N–H and O–H groups in total. The number of aromatic nitrogens is 2. The van der Waals surface area contributed by atoms with Gasteiger partial charge in [0.2, 0.25) is 5.75 Å². The Morgan fingerprint density at radius 1 is 0.821 bits per heavy atom. The molecule has 0 unspecified atom stereocenters. The average molecular weight is 391 g/mol. The molecule has 1 fully saturated rings. The number of aromatic hydroxyl groups is 1. The molecule has 0 aliphatic heterocycles. The molecular formula is C24H42N2O2. The summed E-state index contributed by atoms with van der Waals surface area (Å²) in [6.07, 6.45) is 24.9. The second-order valence-corrected chi connectivity index (χ2v) is 8.49. The Morgan fingerprint density at radius 3 is 1.86 bits per heavy atom. The molecule has 0 bridgehead atoms. The summed E-state index contributed by atoms with van der Waals surface area (Å²) in [5, 5.41) is 10.3. The maximum atomic E-state index is 10.3. The van der Waals surface area contributed by atoms with Gasteiger partial charge in [0.15, 0.2) is 0 Å². The van der Waals surface area contributed by atoms with Gasteiger partial charge in [-0.3, -0.25) is 0 Å². The Hall–Kier alpha value is -1.32. The van der Waals surface area contributed by atoms with Gasteiger partial charge in [-0.05, 0) is 32.1 Å². The smallest absolute Gasteiger partial charge is 0.260 e. The van der Waals surface area contributed by atoms with E-state index in [4.69, 9.17) is 4.74 Å². The number of hydrogen-bond acceptors (Lipinski definition) is 4. The molecule has 1 aliphatic carbocycles. The third-order valence-corrected chi connectivity index (χ3v) is 5.96. The third-order valence-electron chi connectivity index (χ3n) is 5.96. The molecule has 1 heterocycles. The topological polar surface area (TPSA) is 55.2 Å². The number of aryl methyl sites for hydroxylation is 1. The van der Waals surface area contributed by atoms with Crippen molar-refractivity contribution in [1.29, 1.82) is 0 Å². The van der Waals surface area contributed by atoms with E-state index in [1.807, 2.05) is 0 Å². The fraction of sp³-hybridized carbons (Fsp3) is 0.833. The van der Waals surface area contributed by atoms with E-state index in [1.165, 1.54) is 96.2 Å². The fourth-order valence-corrected chi connectivity index (χ4v) is 3.80. The molecular weight excluding hydrogens is 348 g/mol. The molecule has 1 aromatic rings. The lowest BCUT2D eigenvalue weighted by molar-refractivity contribution is 0.110. The highest BCUT2D eigenvalue weighted by Gasteiger charge is 2.22. The van der Waals surface area contributed by atoms with Crippen molar-refractivity contribution in [3.63, 3.8) is 0 Å². The Morgan fingerprint density at radius 2 is 1.36 bits per heavy atom. The van der Waals surface area contributed by atoms with Crippen molar-refractivity contribution in [3.8, 4) is 11.6 Å². The van der Waals surface area contributed by atoms with Gasteiger partial charge in [-0.25, -0.2) is 4.98 Å². The predicted molar refractivity (Wildman–Crippen MR) is 116 cm³/mol. The van der Waals surface area contributed by atoms with Gasteiger partial charge in [0.05, 0.1) is 5.69 Å². The summed E-state index contributed by atoms with van der Waals surface area (Å²) in [5.74, 6) is 0.532. The molecule has 0 spiro atoms. The molecule has 1 saturated carbocycles. The second-order valence-electron chi connectivity index (χ2n) is 8.49. The molecule has 2 rings (SSSR count). The van der Waals surface area contributed by atoms with Crippen molar-refractivity contribution in [2.45, 2.75) is 129 Å². The van der Waals surface area contributed by atoms with Gasteiger partial charge >= 0.3 is 0 Å².